The van der Waals surface area contributed by atoms with E-state index in [1.807, 2.05) is 12.1 Å². The molecule has 21 heavy (non-hydrogen) atoms. The SMILES string of the molecule is Fc1ccc(C=Nn2c(-c3ccncc3)n[nH]c2=S)cc1. The van der Waals surface area contributed by atoms with Gasteiger partial charge >= 0.3 is 0 Å². The van der Waals surface area contributed by atoms with Gasteiger partial charge in [0.05, 0.1) is 6.21 Å². The summed E-state index contributed by atoms with van der Waals surface area (Å²) in [6, 6.07) is 9.65. The molecule has 0 saturated carbocycles. The lowest BCUT2D eigenvalue weighted by atomic mass is 10.2. The molecule has 0 fully saturated rings. The Hall–Kier alpha value is -2.67. The zero-order chi connectivity index (χ0) is 14.7. The van der Waals surface area contributed by atoms with Crippen LogP contribution in [0.25, 0.3) is 11.4 Å². The van der Waals surface area contributed by atoms with E-state index in [1.165, 1.54) is 16.8 Å². The van der Waals surface area contributed by atoms with Crippen LogP contribution in [0.4, 0.5) is 4.39 Å². The fourth-order valence-electron chi connectivity index (χ4n) is 1.76. The van der Waals surface area contributed by atoms with Crippen LogP contribution >= 0.6 is 12.2 Å². The van der Waals surface area contributed by atoms with E-state index >= 15 is 0 Å². The van der Waals surface area contributed by atoms with Crippen molar-refractivity contribution in [2.75, 3.05) is 0 Å². The lowest BCUT2D eigenvalue weighted by Crippen LogP contribution is -1.95. The van der Waals surface area contributed by atoms with Crippen molar-refractivity contribution in [3.05, 3.63) is 64.9 Å². The molecule has 104 valence electrons. The van der Waals surface area contributed by atoms with Crippen molar-refractivity contribution in [3.8, 4) is 11.4 Å². The average molecular weight is 299 g/mol. The highest BCUT2D eigenvalue weighted by molar-refractivity contribution is 7.71. The molecular weight excluding hydrogens is 289 g/mol. The van der Waals surface area contributed by atoms with Gasteiger partial charge in [-0.2, -0.15) is 14.9 Å². The maximum atomic E-state index is 12.9. The molecule has 1 aromatic carbocycles. The highest BCUT2D eigenvalue weighted by atomic mass is 32.1. The summed E-state index contributed by atoms with van der Waals surface area (Å²) in [7, 11) is 0. The second-order valence-electron chi connectivity index (χ2n) is 4.20. The summed E-state index contributed by atoms with van der Waals surface area (Å²) >= 11 is 5.16. The minimum atomic E-state index is -0.287. The Kier molecular flexibility index (Phi) is 3.65. The van der Waals surface area contributed by atoms with Crippen molar-refractivity contribution < 1.29 is 4.39 Å². The molecule has 2 aromatic heterocycles. The number of hydrogen-bond donors (Lipinski definition) is 1. The van der Waals surface area contributed by atoms with Crippen LogP contribution in [0.15, 0.2) is 53.9 Å². The lowest BCUT2D eigenvalue weighted by molar-refractivity contribution is 0.628. The van der Waals surface area contributed by atoms with Gasteiger partial charge in [-0.15, -0.1) is 0 Å². The molecule has 0 bridgehead atoms. The van der Waals surface area contributed by atoms with Crippen molar-refractivity contribution in [1.82, 2.24) is 19.9 Å². The fourth-order valence-corrected chi connectivity index (χ4v) is 1.94. The summed E-state index contributed by atoms with van der Waals surface area (Å²) in [5, 5.41) is 11.2. The second kappa shape index (κ2) is 5.76. The first-order valence-electron chi connectivity index (χ1n) is 6.12. The van der Waals surface area contributed by atoms with Gasteiger partial charge < -0.3 is 0 Å². The maximum Gasteiger partial charge on any atom is 0.216 e. The zero-order valence-electron chi connectivity index (χ0n) is 10.8. The summed E-state index contributed by atoms with van der Waals surface area (Å²) < 4.78 is 14.7. The third-order valence-corrected chi connectivity index (χ3v) is 3.05. The molecular formula is C14H10FN5S. The number of nitrogens with one attached hydrogen (secondary N) is 1. The first-order chi connectivity index (χ1) is 10.2. The molecule has 0 unspecified atom stereocenters. The smallest absolute Gasteiger partial charge is 0.216 e. The Morgan fingerprint density at radius 1 is 1.14 bits per heavy atom. The van der Waals surface area contributed by atoms with Gasteiger partial charge in [0.2, 0.25) is 4.77 Å². The summed E-state index contributed by atoms with van der Waals surface area (Å²) in [6.07, 6.45) is 4.93. The van der Waals surface area contributed by atoms with E-state index in [-0.39, 0.29) is 5.82 Å². The van der Waals surface area contributed by atoms with Gasteiger partial charge in [-0.3, -0.25) is 4.98 Å². The molecule has 0 atom stereocenters. The van der Waals surface area contributed by atoms with Gasteiger partial charge in [0.25, 0.3) is 0 Å². The van der Waals surface area contributed by atoms with Crippen LogP contribution < -0.4 is 0 Å². The van der Waals surface area contributed by atoms with Crippen LogP contribution in [0.1, 0.15) is 5.56 Å². The van der Waals surface area contributed by atoms with E-state index in [2.05, 4.69) is 20.3 Å². The van der Waals surface area contributed by atoms with Crippen LogP contribution in [0.2, 0.25) is 0 Å². The number of nitrogens with zero attached hydrogens (tertiary/aromatic N) is 4. The maximum absolute atomic E-state index is 12.9. The fraction of sp³-hybridized carbons (Fsp3) is 0. The van der Waals surface area contributed by atoms with Gasteiger partial charge in [0.1, 0.15) is 5.82 Å². The number of halogens is 1. The van der Waals surface area contributed by atoms with Crippen molar-refractivity contribution in [2.24, 2.45) is 5.10 Å². The zero-order valence-corrected chi connectivity index (χ0v) is 11.6. The summed E-state index contributed by atoms with van der Waals surface area (Å²) in [5.41, 5.74) is 1.61. The minimum Gasteiger partial charge on any atom is -0.265 e. The lowest BCUT2D eigenvalue weighted by Gasteiger charge is -2.00. The largest absolute Gasteiger partial charge is 0.265 e. The Morgan fingerprint density at radius 3 is 2.57 bits per heavy atom. The van der Waals surface area contributed by atoms with Crippen LogP contribution in [-0.4, -0.2) is 26.1 Å². The Morgan fingerprint density at radius 2 is 1.86 bits per heavy atom. The van der Waals surface area contributed by atoms with E-state index in [9.17, 15) is 4.39 Å². The Bertz CT molecular complexity index is 821. The predicted molar refractivity (Wildman–Crippen MR) is 80.0 cm³/mol. The minimum absolute atomic E-state index is 0.287. The third-order valence-electron chi connectivity index (χ3n) is 2.78. The van der Waals surface area contributed by atoms with E-state index in [0.29, 0.717) is 10.6 Å². The number of hydrogen-bond acceptors (Lipinski definition) is 4. The van der Waals surface area contributed by atoms with Gasteiger partial charge in [0, 0.05) is 18.0 Å². The van der Waals surface area contributed by atoms with Crippen LogP contribution in [0, 0.1) is 10.6 Å². The van der Waals surface area contributed by atoms with Crippen LogP contribution in [0.5, 0.6) is 0 Å². The molecule has 0 radical (unpaired) electrons. The molecule has 0 aliphatic carbocycles. The van der Waals surface area contributed by atoms with Gasteiger partial charge in [-0.05, 0) is 42.0 Å². The molecule has 0 aliphatic heterocycles. The van der Waals surface area contributed by atoms with Crippen LogP contribution in [0.3, 0.4) is 0 Å². The van der Waals surface area contributed by atoms with Crippen LogP contribution in [-0.2, 0) is 0 Å². The van der Waals surface area contributed by atoms with Gasteiger partial charge in [-0.1, -0.05) is 12.1 Å². The molecule has 0 spiro atoms. The molecule has 0 saturated heterocycles. The standard InChI is InChI=1S/C14H10FN5S/c15-12-3-1-10(2-4-12)9-17-20-13(18-19-14(20)21)11-5-7-16-8-6-11/h1-9H,(H,19,21). The van der Waals surface area contributed by atoms with Crippen molar-refractivity contribution in [1.29, 1.82) is 0 Å². The number of aromatic amines is 1. The van der Waals surface area contributed by atoms with E-state index in [0.717, 1.165) is 11.1 Å². The van der Waals surface area contributed by atoms with Crippen molar-refractivity contribution >= 4 is 18.4 Å². The molecule has 0 amide bonds. The van der Waals surface area contributed by atoms with E-state index < -0.39 is 0 Å². The molecule has 5 nitrogen and oxygen atoms in total. The molecule has 1 N–H and O–H groups in total. The first kappa shape index (κ1) is 13.3. The van der Waals surface area contributed by atoms with E-state index in [4.69, 9.17) is 12.2 Å². The number of pyridine rings is 1. The normalized spacial score (nSPS) is 11.1. The number of H-pyrrole nitrogens is 1. The van der Waals surface area contributed by atoms with Crippen molar-refractivity contribution in [2.45, 2.75) is 0 Å². The number of benzene rings is 1. The topological polar surface area (TPSA) is 58.9 Å². The second-order valence-corrected chi connectivity index (χ2v) is 4.58. The quantitative estimate of drug-likeness (QED) is 0.597. The molecule has 3 rings (SSSR count). The van der Waals surface area contributed by atoms with Gasteiger partial charge in [-0.25, -0.2) is 9.49 Å². The summed E-state index contributed by atoms with van der Waals surface area (Å²) in [5.74, 6) is 0.297. The summed E-state index contributed by atoms with van der Waals surface area (Å²) in [6.45, 7) is 0. The third kappa shape index (κ3) is 2.92. The highest BCUT2D eigenvalue weighted by Crippen LogP contribution is 2.15. The molecule has 3 aromatic rings. The van der Waals surface area contributed by atoms with E-state index in [1.54, 1.807) is 30.7 Å². The molecule has 2 heterocycles. The highest BCUT2D eigenvalue weighted by Gasteiger charge is 2.07. The Balaban J connectivity index is 1.98. The van der Waals surface area contributed by atoms with Crippen molar-refractivity contribution in [3.63, 3.8) is 0 Å². The molecule has 7 heteroatoms. The summed E-state index contributed by atoms with van der Waals surface area (Å²) in [4.78, 5) is 3.96. The number of aromatic nitrogens is 4. The first-order valence-corrected chi connectivity index (χ1v) is 6.52. The number of rotatable bonds is 3. The van der Waals surface area contributed by atoms with Gasteiger partial charge in [0.15, 0.2) is 5.82 Å². The Labute approximate surface area is 124 Å². The average Bonchev–Trinajstić information content (AvgIpc) is 2.89. The molecule has 0 aliphatic rings. The predicted octanol–water partition coefficient (Wildman–Crippen LogP) is 3.02. The monoisotopic (exact) mass is 299 g/mol.